The third kappa shape index (κ3) is 2.98. The standard InChI is InChI=1S/C14H18BrFN2O/c1-9-5-6-18(10(7-9)8-17)14(19)13-11(15)3-2-4-12(13)16/h2-4,9-10H,5-8,17H2,1H3. The molecule has 2 rings (SSSR count). The van der Waals surface area contributed by atoms with Gasteiger partial charge in [0.05, 0.1) is 5.56 Å². The quantitative estimate of drug-likeness (QED) is 0.907. The zero-order valence-corrected chi connectivity index (χ0v) is 12.5. The van der Waals surface area contributed by atoms with Crippen LogP contribution >= 0.6 is 15.9 Å². The summed E-state index contributed by atoms with van der Waals surface area (Å²) >= 11 is 3.25. The highest BCUT2D eigenvalue weighted by Crippen LogP contribution is 2.27. The second kappa shape index (κ2) is 6.01. The van der Waals surface area contributed by atoms with Gasteiger partial charge in [-0.2, -0.15) is 0 Å². The van der Waals surface area contributed by atoms with Crippen molar-refractivity contribution in [2.24, 2.45) is 11.7 Å². The Morgan fingerprint density at radius 1 is 1.58 bits per heavy atom. The molecule has 1 aliphatic heterocycles. The van der Waals surface area contributed by atoms with E-state index in [1.165, 1.54) is 6.07 Å². The molecule has 0 aromatic heterocycles. The first-order chi connectivity index (χ1) is 9.04. The lowest BCUT2D eigenvalue weighted by Gasteiger charge is -2.38. The Hall–Kier alpha value is -0.940. The number of hydrogen-bond acceptors (Lipinski definition) is 2. The lowest BCUT2D eigenvalue weighted by atomic mass is 9.92. The number of carbonyl (C=O) groups is 1. The van der Waals surface area contributed by atoms with E-state index in [2.05, 4.69) is 22.9 Å². The number of halogens is 2. The third-order valence-electron chi connectivity index (χ3n) is 3.69. The second-order valence-electron chi connectivity index (χ2n) is 5.11. The fourth-order valence-corrected chi connectivity index (χ4v) is 3.10. The van der Waals surface area contributed by atoms with Gasteiger partial charge >= 0.3 is 0 Å². The molecular formula is C14H18BrFN2O. The molecule has 104 valence electrons. The van der Waals surface area contributed by atoms with Crippen LogP contribution in [-0.2, 0) is 0 Å². The molecule has 19 heavy (non-hydrogen) atoms. The van der Waals surface area contributed by atoms with Crippen molar-refractivity contribution in [2.45, 2.75) is 25.8 Å². The molecule has 1 aromatic rings. The maximum Gasteiger partial charge on any atom is 0.258 e. The van der Waals surface area contributed by atoms with Crippen molar-refractivity contribution in [1.82, 2.24) is 4.90 Å². The van der Waals surface area contributed by atoms with Crippen molar-refractivity contribution in [2.75, 3.05) is 13.1 Å². The topological polar surface area (TPSA) is 46.3 Å². The SMILES string of the molecule is CC1CCN(C(=O)c2c(F)cccc2Br)C(CN)C1. The van der Waals surface area contributed by atoms with Crippen LogP contribution in [0.2, 0.25) is 0 Å². The summed E-state index contributed by atoms with van der Waals surface area (Å²) in [5.74, 6) is -0.206. The summed E-state index contributed by atoms with van der Waals surface area (Å²) in [6.07, 6.45) is 1.82. The molecule has 0 bridgehead atoms. The van der Waals surface area contributed by atoms with Gasteiger partial charge in [-0.25, -0.2) is 4.39 Å². The van der Waals surface area contributed by atoms with Gasteiger partial charge in [0.25, 0.3) is 5.91 Å². The van der Waals surface area contributed by atoms with Crippen molar-refractivity contribution < 1.29 is 9.18 Å². The number of piperidine rings is 1. The smallest absolute Gasteiger partial charge is 0.258 e. The van der Waals surface area contributed by atoms with Crippen LogP contribution in [0.5, 0.6) is 0 Å². The van der Waals surface area contributed by atoms with E-state index < -0.39 is 5.82 Å². The molecule has 2 atom stereocenters. The van der Waals surface area contributed by atoms with Gasteiger partial charge in [-0.1, -0.05) is 13.0 Å². The number of likely N-dealkylation sites (tertiary alicyclic amines) is 1. The lowest BCUT2D eigenvalue weighted by molar-refractivity contribution is 0.0568. The van der Waals surface area contributed by atoms with Crippen molar-refractivity contribution in [3.8, 4) is 0 Å². The minimum Gasteiger partial charge on any atom is -0.334 e. The van der Waals surface area contributed by atoms with E-state index in [0.29, 0.717) is 23.5 Å². The summed E-state index contributed by atoms with van der Waals surface area (Å²) in [4.78, 5) is 14.2. The molecule has 0 saturated carbocycles. The van der Waals surface area contributed by atoms with Crippen LogP contribution in [0.25, 0.3) is 0 Å². The van der Waals surface area contributed by atoms with Crippen molar-refractivity contribution in [3.05, 3.63) is 34.1 Å². The molecule has 0 spiro atoms. The highest BCUT2D eigenvalue weighted by atomic mass is 79.9. The van der Waals surface area contributed by atoms with E-state index >= 15 is 0 Å². The fraction of sp³-hybridized carbons (Fsp3) is 0.500. The van der Waals surface area contributed by atoms with Gasteiger partial charge in [0.15, 0.2) is 0 Å². The second-order valence-corrected chi connectivity index (χ2v) is 5.97. The van der Waals surface area contributed by atoms with Gasteiger partial charge < -0.3 is 10.6 Å². The fourth-order valence-electron chi connectivity index (χ4n) is 2.59. The third-order valence-corrected chi connectivity index (χ3v) is 4.35. The molecule has 1 aliphatic rings. The van der Waals surface area contributed by atoms with E-state index in [1.807, 2.05) is 0 Å². The number of rotatable bonds is 2. The van der Waals surface area contributed by atoms with Gasteiger partial charge in [0.1, 0.15) is 5.82 Å². The molecular weight excluding hydrogens is 311 g/mol. The van der Waals surface area contributed by atoms with Crippen LogP contribution in [0.1, 0.15) is 30.1 Å². The van der Waals surface area contributed by atoms with E-state index in [9.17, 15) is 9.18 Å². The Balaban J connectivity index is 2.28. The Bertz CT molecular complexity index is 460. The van der Waals surface area contributed by atoms with Crippen LogP contribution in [0.4, 0.5) is 4.39 Å². The van der Waals surface area contributed by atoms with Crippen molar-refractivity contribution in [1.29, 1.82) is 0 Å². The van der Waals surface area contributed by atoms with Gasteiger partial charge in [0, 0.05) is 23.6 Å². The number of hydrogen-bond donors (Lipinski definition) is 1. The largest absolute Gasteiger partial charge is 0.334 e. The summed E-state index contributed by atoms with van der Waals surface area (Å²) in [5, 5.41) is 0. The van der Waals surface area contributed by atoms with Crippen LogP contribution in [0.3, 0.4) is 0 Å². The van der Waals surface area contributed by atoms with Crippen molar-refractivity contribution in [3.63, 3.8) is 0 Å². The van der Waals surface area contributed by atoms with Gasteiger partial charge in [-0.3, -0.25) is 4.79 Å². The monoisotopic (exact) mass is 328 g/mol. The number of carbonyl (C=O) groups excluding carboxylic acids is 1. The highest BCUT2D eigenvalue weighted by Gasteiger charge is 2.31. The summed E-state index contributed by atoms with van der Waals surface area (Å²) < 4.78 is 14.3. The average Bonchev–Trinajstić information content (AvgIpc) is 2.38. The van der Waals surface area contributed by atoms with E-state index in [1.54, 1.807) is 17.0 Å². The molecule has 1 fully saturated rings. The molecule has 2 unspecified atom stereocenters. The number of benzene rings is 1. The molecule has 0 aliphatic carbocycles. The lowest BCUT2D eigenvalue weighted by Crippen LogP contribution is -2.49. The first-order valence-corrected chi connectivity index (χ1v) is 7.29. The zero-order chi connectivity index (χ0) is 14.0. The van der Waals surface area contributed by atoms with Gasteiger partial charge in [-0.05, 0) is 46.8 Å². The summed E-state index contributed by atoms with van der Waals surface area (Å²) in [7, 11) is 0. The van der Waals surface area contributed by atoms with Crippen LogP contribution < -0.4 is 5.73 Å². The zero-order valence-electron chi connectivity index (χ0n) is 10.9. The Morgan fingerprint density at radius 3 is 2.95 bits per heavy atom. The minimum atomic E-state index is -0.492. The van der Waals surface area contributed by atoms with E-state index in [4.69, 9.17) is 5.73 Å². The predicted molar refractivity (Wildman–Crippen MR) is 76.4 cm³/mol. The van der Waals surface area contributed by atoms with E-state index in [-0.39, 0.29) is 17.5 Å². The predicted octanol–water partition coefficient (Wildman–Crippen LogP) is 2.79. The van der Waals surface area contributed by atoms with Crippen LogP contribution in [-0.4, -0.2) is 29.9 Å². The highest BCUT2D eigenvalue weighted by molar-refractivity contribution is 9.10. The Morgan fingerprint density at radius 2 is 2.32 bits per heavy atom. The number of nitrogens with zero attached hydrogens (tertiary/aromatic N) is 1. The Labute approximate surface area is 121 Å². The Kier molecular flexibility index (Phi) is 4.58. The van der Waals surface area contributed by atoms with Crippen molar-refractivity contribution >= 4 is 21.8 Å². The van der Waals surface area contributed by atoms with Crippen LogP contribution in [0.15, 0.2) is 22.7 Å². The maximum atomic E-state index is 13.9. The minimum absolute atomic E-state index is 0.00255. The van der Waals surface area contributed by atoms with Crippen LogP contribution in [0, 0.1) is 11.7 Å². The first kappa shape index (κ1) is 14.5. The van der Waals surface area contributed by atoms with Gasteiger partial charge in [-0.15, -0.1) is 0 Å². The summed E-state index contributed by atoms with van der Waals surface area (Å²) in [5.41, 5.74) is 5.86. The normalized spacial score (nSPS) is 23.5. The molecule has 1 saturated heterocycles. The molecule has 0 radical (unpaired) electrons. The van der Waals surface area contributed by atoms with E-state index in [0.717, 1.165) is 12.8 Å². The summed E-state index contributed by atoms with van der Waals surface area (Å²) in [6, 6.07) is 4.57. The number of nitrogens with two attached hydrogens (primary N) is 1. The molecule has 1 aromatic carbocycles. The number of amides is 1. The maximum absolute atomic E-state index is 13.9. The first-order valence-electron chi connectivity index (χ1n) is 6.49. The molecule has 1 heterocycles. The molecule has 2 N–H and O–H groups in total. The average molecular weight is 329 g/mol. The molecule has 3 nitrogen and oxygen atoms in total. The molecule has 5 heteroatoms. The molecule has 1 amide bonds. The summed E-state index contributed by atoms with van der Waals surface area (Å²) in [6.45, 7) is 3.22. The van der Waals surface area contributed by atoms with Gasteiger partial charge in [0.2, 0.25) is 0 Å².